The molecule has 0 unspecified atom stereocenters. The van der Waals surface area contributed by atoms with Crippen LogP contribution in [0.25, 0.3) is 0 Å². The summed E-state index contributed by atoms with van der Waals surface area (Å²) in [6, 6.07) is 3.74. The van der Waals surface area contributed by atoms with Crippen molar-refractivity contribution in [3.8, 4) is 0 Å². The highest BCUT2D eigenvalue weighted by Crippen LogP contribution is 2.35. The quantitative estimate of drug-likeness (QED) is 0.839. The molecule has 2 heterocycles. The van der Waals surface area contributed by atoms with Gasteiger partial charge in [0.25, 0.3) is 0 Å². The van der Waals surface area contributed by atoms with Gasteiger partial charge in [0.15, 0.2) is 11.6 Å². The predicted octanol–water partition coefficient (Wildman–Crippen LogP) is 3.15. The molecule has 1 aliphatic heterocycles. The number of nitrogens with zero attached hydrogens (tertiary/aromatic N) is 3. The zero-order valence-corrected chi connectivity index (χ0v) is 15.5. The highest BCUT2D eigenvalue weighted by molar-refractivity contribution is 5.65. The van der Waals surface area contributed by atoms with Gasteiger partial charge in [-0.3, -0.25) is 0 Å². The highest BCUT2D eigenvalue weighted by Gasteiger charge is 2.30. The summed E-state index contributed by atoms with van der Waals surface area (Å²) in [6.07, 6.45) is 2.36. The lowest BCUT2D eigenvalue weighted by molar-refractivity contribution is 0.188. The SMILES string of the molecule is CN(C)CCc1cnc2n1C[C@H](c1cccc(F)c1F)CC[C@H]2NC(=O)O. The zero-order chi connectivity index (χ0) is 19.6. The standard InChI is InChI=1S/C19H24F2N4O2/c1-24(2)9-8-13-10-22-18-16(23-19(26)27)7-6-12(11-25(13)18)14-4-3-5-15(20)17(14)21/h3-5,10,12,16,23H,6-9,11H2,1-2H3,(H,26,27)/t12-,16-/m1/s1. The molecule has 1 aromatic carbocycles. The molecule has 0 spiro atoms. The largest absolute Gasteiger partial charge is 0.465 e. The van der Waals surface area contributed by atoms with Gasteiger partial charge in [0.05, 0.1) is 6.04 Å². The van der Waals surface area contributed by atoms with Crippen molar-refractivity contribution in [2.45, 2.75) is 37.8 Å². The molecule has 2 aromatic rings. The van der Waals surface area contributed by atoms with E-state index in [1.165, 1.54) is 6.07 Å². The Morgan fingerprint density at radius 1 is 1.37 bits per heavy atom. The molecule has 6 nitrogen and oxygen atoms in total. The Morgan fingerprint density at radius 2 is 2.15 bits per heavy atom. The summed E-state index contributed by atoms with van der Waals surface area (Å²) >= 11 is 0. The Balaban J connectivity index is 1.96. The van der Waals surface area contributed by atoms with Crippen LogP contribution in [0.2, 0.25) is 0 Å². The van der Waals surface area contributed by atoms with Crippen LogP contribution in [-0.2, 0) is 13.0 Å². The van der Waals surface area contributed by atoms with Gasteiger partial charge in [0.2, 0.25) is 0 Å². The van der Waals surface area contributed by atoms with Gasteiger partial charge in [-0.25, -0.2) is 18.6 Å². The highest BCUT2D eigenvalue weighted by atomic mass is 19.2. The van der Waals surface area contributed by atoms with Crippen LogP contribution in [0.15, 0.2) is 24.4 Å². The molecule has 2 N–H and O–H groups in total. The molecule has 146 valence electrons. The van der Waals surface area contributed by atoms with Crippen LogP contribution < -0.4 is 5.32 Å². The fraction of sp³-hybridized carbons (Fsp3) is 0.474. The van der Waals surface area contributed by atoms with E-state index < -0.39 is 23.8 Å². The van der Waals surface area contributed by atoms with E-state index in [1.807, 2.05) is 23.6 Å². The Labute approximate surface area is 156 Å². The lowest BCUT2D eigenvalue weighted by Crippen LogP contribution is -2.28. The fourth-order valence-corrected chi connectivity index (χ4v) is 3.64. The van der Waals surface area contributed by atoms with Crippen molar-refractivity contribution in [3.05, 3.63) is 53.1 Å². The number of hydrogen-bond acceptors (Lipinski definition) is 3. The molecular formula is C19H24F2N4O2. The molecule has 0 saturated carbocycles. The first-order chi connectivity index (χ1) is 12.9. The van der Waals surface area contributed by atoms with Gasteiger partial charge < -0.3 is 19.9 Å². The van der Waals surface area contributed by atoms with Crippen LogP contribution in [0.1, 0.15) is 41.9 Å². The number of likely N-dealkylation sites (N-methyl/N-ethyl adjacent to an activating group) is 1. The van der Waals surface area contributed by atoms with E-state index >= 15 is 0 Å². The van der Waals surface area contributed by atoms with Crippen LogP contribution in [-0.4, -0.2) is 46.3 Å². The normalized spacial score (nSPS) is 19.6. The van der Waals surface area contributed by atoms with Gasteiger partial charge >= 0.3 is 6.09 Å². The van der Waals surface area contributed by atoms with Crippen molar-refractivity contribution in [2.75, 3.05) is 20.6 Å². The molecule has 1 aromatic heterocycles. The number of halogens is 2. The Kier molecular flexibility index (Phi) is 5.74. The van der Waals surface area contributed by atoms with Crippen molar-refractivity contribution in [3.63, 3.8) is 0 Å². The van der Waals surface area contributed by atoms with Gasteiger partial charge in [-0.1, -0.05) is 12.1 Å². The summed E-state index contributed by atoms with van der Waals surface area (Å²) < 4.78 is 30.1. The molecule has 1 aliphatic rings. The molecule has 0 aliphatic carbocycles. The van der Waals surface area contributed by atoms with E-state index in [0.29, 0.717) is 30.8 Å². The van der Waals surface area contributed by atoms with Crippen LogP contribution in [0, 0.1) is 11.6 Å². The molecule has 3 rings (SSSR count). The minimum Gasteiger partial charge on any atom is -0.465 e. The average Bonchev–Trinajstić information content (AvgIpc) is 2.91. The average molecular weight is 378 g/mol. The third kappa shape index (κ3) is 4.27. The van der Waals surface area contributed by atoms with E-state index in [1.54, 1.807) is 12.3 Å². The second kappa shape index (κ2) is 8.04. The Morgan fingerprint density at radius 3 is 2.85 bits per heavy atom. The molecule has 27 heavy (non-hydrogen) atoms. The molecular weight excluding hydrogens is 354 g/mol. The lowest BCUT2D eigenvalue weighted by Gasteiger charge is -2.19. The number of carboxylic acid groups (broad SMARTS) is 1. The topological polar surface area (TPSA) is 70.4 Å². The van der Waals surface area contributed by atoms with Crippen molar-refractivity contribution < 1.29 is 18.7 Å². The summed E-state index contributed by atoms with van der Waals surface area (Å²) in [5, 5.41) is 11.7. The summed E-state index contributed by atoms with van der Waals surface area (Å²) in [4.78, 5) is 17.7. The zero-order valence-electron chi connectivity index (χ0n) is 15.5. The molecule has 2 atom stereocenters. The molecule has 0 radical (unpaired) electrons. The minimum atomic E-state index is -1.13. The number of hydrogen-bond donors (Lipinski definition) is 2. The maximum absolute atomic E-state index is 14.4. The van der Waals surface area contributed by atoms with Crippen molar-refractivity contribution in [1.82, 2.24) is 19.8 Å². The number of amides is 1. The van der Waals surface area contributed by atoms with E-state index in [9.17, 15) is 13.6 Å². The Bertz CT molecular complexity index is 822. The first-order valence-electron chi connectivity index (χ1n) is 8.99. The van der Waals surface area contributed by atoms with E-state index in [0.717, 1.165) is 24.7 Å². The second-order valence-electron chi connectivity index (χ2n) is 7.19. The number of benzene rings is 1. The van der Waals surface area contributed by atoms with E-state index in [-0.39, 0.29) is 5.92 Å². The van der Waals surface area contributed by atoms with Crippen molar-refractivity contribution in [2.24, 2.45) is 0 Å². The third-order valence-corrected chi connectivity index (χ3v) is 5.02. The van der Waals surface area contributed by atoms with Gasteiger partial charge in [0.1, 0.15) is 5.82 Å². The first kappa shape index (κ1) is 19.3. The van der Waals surface area contributed by atoms with Gasteiger partial charge in [-0.15, -0.1) is 0 Å². The number of imidazole rings is 1. The second-order valence-corrected chi connectivity index (χ2v) is 7.19. The van der Waals surface area contributed by atoms with E-state index in [4.69, 9.17) is 5.11 Å². The molecule has 0 bridgehead atoms. The van der Waals surface area contributed by atoms with Crippen LogP contribution in [0.5, 0.6) is 0 Å². The van der Waals surface area contributed by atoms with Crippen molar-refractivity contribution in [1.29, 1.82) is 0 Å². The maximum Gasteiger partial charge on any atom is 0.405 e. The van der Waals surface area contributed by atoms with E-state index in [2.05, 4.69) is 10.3 Å². The first-order valence-corrected chi connectivity index (χ1v) is 8.99. The number of rotatable bonds is 5. The summed E-state index contributed by atoms with van der Waals surface area (Å²) in [7, 11) is 3.94. The molecule has 8 heteroatoms. The smallest absolute Gasteiger partial charge is 0.405 e. The van der Waals surface area contributed by atoms with Gasteiger partial charge in [0, 0.05) is 37.3 Å². The van der Waals surface area contributed by atoms with Crippen molar-refractivity contribution >= 4 is 6.09 Å². The Hall–Kier alpha value is -2.48. The van der Waals surface area contributed by atoms with Gasteiger partial charge in [-0.05, 0) is 38.6 Å². The number of aromatic nitrogens is 2. The lowest BCUT2D eigenvalue weighted by atomic mass is 9.93. The van der Waals surface area contributed by atoms with Gasteiger partial charge in [-0.2, -0.15) is 0 Å². The fourth-order valence-electron chi connectivity index (χ4n) is 3.64. The maximum atomic E-state index is 14.4. The summed E-state index contributed by atoms with van der Waals surface area (Å²) in [5.41, 5.74) is 1.28. The minimum absolute atomic E-state index is 0.257. The third-order valence-electron chi connectivity index (χ3n) is 5.02. The number of nitrogens with one attached hydrogen (secondary N) is 1. The monoisotopic (exact) mass is 378 g/mol. The van der Waals surface area contributed by atoms with Crippen LogP contribution in [0.4, 0.5) is 13.6 Å². The number of fused-ring (bicyclic) bond motifs is 1. The molecule has 0 fully saturated rings. The molecule has 1 amide bonds. The van der Waals surface area contributed by atoms with Crippen LogP contribution >= 0.6 is 0 Å². The number of carbonyl (C=O) groups is 1. The summed E-state index contributed by atoms with van der Waals surface area (Å²) in [5.74, 6) is -1.32. The predicted molar refractivity (Wildman–Crippen MR) is 96.7 cm³/mol. The van der Waals surface area contributed by atoms with Crippen LogP contribution in [0.3, 0.4) is 0 Å². The summed E-state index contributed by atoms with van der Waals surface area (Å²) in [6.45, 7) is 1.25. The molecule has 0 saturated heterocycles.